The summed E-state index contributed by atoms with van der Waals surface area (Å²) >= 11 is 1.57. The Hall–Kier alpha value is -1.50. The third kappa shape index (κ3) is 4.23. The van der Waals surface area contributed by atoms with E-state index in [4.69, 9.17) is 0 Å². The summed E-state index contributed by atoms with van der Waals surface area (Å²) in [5.74, 6) is 0.858. The van der Waals surface area contributed by atoms with Crippen LogP contribution in [0.2, 0.25) is 0 Å². The molecule has 7 heteroatoms. The maximum Gasteiger partial charge on any atom is 0.416 e. The van der Waals surface area contributed by atoms with E-state index in [1.807, 2.05) is 0 Å². The van der Waals surface area contributed by atoms with Gasteiger partial charge in [-0.05, 0) is 29.9 Å². The van der Waals surface area contributed by atoms with E-state index in [1.54, 1.807) is 22.5 Å². The Morgan fingerprint density at radius 2 is 2.14 bits per heavy atom. The van der Waals surface area contributed by atoms with Crippen molar-refractivity contribution in [3.8, 4) is 0 Å². The van der Waals surface area contributed by atoms with Crippen LogP contribution in [0.1, 0.15) is 36.3 Å². The van der Waals surface area contributed by atoms with Crippen molar-refractivity contribution >= 4 is 11.8 Å². The molecule has 1 atom stereocenters. The highest BCUT2D eigenvalue weighted by atomic mass is 32.2. The van der Waals surface area contributed by atoms with E-state index in [9.17, 15) is 13.2 Å². The van der Waals surface area contributed by atoms with Crippen molar-refractivity contribution in [2.45, 2.75) is 31.3 Å². The number of benzene rings is 1. The molecule has 0 amide bonds. The molecule has 0 aliphatic rings. The number of hydrogen-bond donors (Lipinski definition) is 0. The molecule has 0 fully saturated rings. The molecule has 0 saturated carbocycles. The second-order valence-corrected chi connectivity index (χ2v) is 5.76. The Morgan fingerprint density at radius 1 is 1.33 bits per heavy atom. The number of hydrogen-bond acceptors (Lipinski definition) is 3. The predicted molar refractivity (Wildman–Crippen MR) is 77.0 cm³/mol. The number of nitrogens with zero attached hydrogens (tertiary/aromatic N) is 3. The number of unbranched alkanes of at least 4 members (excludes halogenated alkanes) is 1. The minimum absolute atomic E-state index is 0.290. The Balaban J connectivity index is 2.28. The second-order valence-electron chi connectivity index (χ2n) is 4.58. The third-order valence-electron chi connectivity index (χ3n) is 2.95. The summed E-state index contributed by atoms with van der Waals surface area (Å²) in [4.78, 5) is 3.88. The maximum atomic E-state index is 12.8. The first-order valence-corrected chi connectivity index (χ1v) is 7.70. The van der Waals surface area contributed by atoms with Crippen LogP contribution in [0, 0.1) is 0 Å². The Morgan fingerprint density at radius 3 is 2.76 bits per heavy atom. The van der Waals surface area contributed by atoms with Gasteiger partial charge in [-0.25, -0.2) is 9.67 Å². The molecule has 0 saturated heterocycles. The predicted octanol–water partition coefficient (Wildman–Crippen LogP) is 4.38. The van der Waals surface area contributed by atoms with Crippen LogP contribution < -0.4 is 0 Å². The van der Waals surface area contributed by atoms with Gasteiger partial charge in [0.2, 0.25) is 0 Å². The highest BCUT2D eigenvalue weighted by Crippen LogP contribution is 2.35. The van der Waals surface area contributed by atoms with Gasteiger partial charge in [-0.3, -0.25) is 0 Å². The van der Waals surface area contributed by atoms with Crippen LogP contribution in [-0.4, -0.2) is 20.5 Å². The summed E-state index contributed by atoms with van der Waals surface area (Å²) < 4.78 is 40.1. The zero-order valence-electron chi connectivity index (χ0n) is 11.5. The van der Waals surface area contributed by atoms with Crippen LogP contribution in [0.25, 0.3) is 0 Å². The van der Waals surface area contributed by atoms with E-state index in [0.29, 0.717) is 5.56 Å². The monoisotopic (exact) mass is 315 g/mol. The average molecular weight is 315 g/mol. The van der Waals surface area contributed by atoms with Crippen molar-refractivity contribution in [2.75, 3.05) is 5.75 Å². The Labute approximate surface area is 125 Å². The van der Waals surface area contributed by atoms with Crippen LogP contribution in [-0.2, 0) is 6.18 Å². The number of halogens is 3. The van der Waals surface area contributed by atoms with Crippen LogP contribution in [0.15, 0.2) is 36.9 Å². The van der Waals surface area contributed by atoms with Crippen LogP contribution in [0.5, 0.6) is 0 Å². The molecule has 0 bridgehead atoms. The van der Waals surface area contributed by atoms with Gasteiger partial charge in [-0.2, -0.15) is 18.3 Å². The van der Waals surface area contributed by atoms with Crippen molar-refractivity contribution in [1.82, 2.24) is 14.8 Å². The van der Waals surface area contributed by atoms with Crippen molar-refractivity contribution in [1.29, 1.82) is 0 Å². The smallest absolute Gasteiger partial charge is 0.235 e. The van der Waals surface area contributed by atoms with Crippen molar-refractivity contribution < 1.29 is 13.2 Å². The van der Waals surface area contributed by atoms with Gasteiger partial charge in [0.25, 0.3) is 0 Å². The molecule has 1 unspecified atom stereocenters. The summed E-state index contributed by atoms with van der Waals surface area (Å²) in [5, 5.41) is 3.78. The lowest BCUT2D eigenvalue weighted by molar-refractivity contribution is -0.137. The maximum absolute atomic E-state index is 12.8. The summed E-state index contributed by atoms with van der Waals surface area (Å²) in [6, 6.07) is 5.40. The normalized spacial score (nSPS) is 13.3. The second kappa shape index (κ2) is 6.98. The highest BCUT2D eigenvalue weighted by Gasteiger charge is 2.31. The van der Waals surface area contributed by atoms with E-state index in [1.165, 1.54) is 24.8 Å². The van der Waals surface area contributed by atoms with Crippen molar-refractivity contribution in [3.05, 3.63) is 48.0 Å². The summed E-state index contributed by atoms with van der Waals surface area (Å²) in [6.45, 7) is 2.08. The van der Waals surface area contributed by atoms with E-state index >= 15 is 0 Å². The number of rotatable bonds is 6. The van der Waals surface area contributed by atoms with Gasteiger partial charge < -0.3 is 0 Å². The van der Waals surface area contributed by atoms with Crippen LogP contribution >= 0.6 is 11.8 Å². The molecule has 0 spiro atoms. The molecule has 0 aliphatic carbocycles. The zero-order chi connectivity index (χ0) is 15.3. The number of thioether (sulfide) groups is 1. The summed E-state index contributed by atoms with van der Waals surface area (Å²) in [6.07, 6.45) is 0.635. The van der Waals surface area contributed by atoms with Gasteiger partial charge in [0.15, 0.2) is 0 Å². The van der Waals surface area contributed by atoms with E-state index in [-0.39, 0.29) is 5.37 Å². The average Bonchev–Trinajstić information content (AvgIpc) is 2.97. The number of alkyl halides is 3. The standard InChI is InChI=1S/C14H16F3N3S/c1-2-3-7-21-13(20-10-18-9-19-20)11-5-4-6-12(8-11)14(15,16)17/h4-6,8-10,13H,2-3,7H2,1H3. The zero-order valence-corrected chi connectivity index (χ0v) is 12.4. The molecular formula is C14H16F3N3S. The molecule has 3 nitrogen and oxygen atoms in total. The molecular weight excluding hydrogens is 299 g/mol. The van der Waals surface area contributed by atoms with Gasteiger partial charge in [0.1, 0.15) is 18.0 Å². The molecule has 21 heavy (non-hydrogen) atoms. The fraction of sp³-hybridized carbons (Fsp3) is 0.429. The first-order valence-electron chi connectivity index (χ1n) is 6.65. The van der Waals surface area contributed by atoms with Gasteiger partial charge in [-0.15, -0.1) is 11.8 Å². The molecule has 0 radical (unpaired) electrons. The Bertz CT molecular complexity index is 555. The molecule has 2 aromatic rings. The van der Waals surface area contributed by atoms with E-state index in [0.717, 1.165) is 24.7 Å². The van der Waals surface area contributed by atoms with Gasteiger partial charge in [0.05, 0.1) is 5.56 Å². The molecule has 0 N–H and O–H groups in total. The van der Waals surface area contributed by atoms with Gasteiger partial charge >= 0.3 is 6.18 Å². The topological polar surface area (TPSA) is 30.7 Å². The summed E-state index contributed by atoms with van der Waals surface area (Å²) in [7, 11) is 0. The van der Waals surface area contributed by atoms with Crippen molar-refractivity contribution in [3.63, 3.8) is 0 Å². The highest BCUT2D eigenvalue weighted by molar-refractivity contribution is 7.99. The minimum atomic E-state index is -4.34. The number of aromatic nitrogens is 3. The minimum Gasteiger partial charge on any atom is -0.235 e. The molecule has 1 aromatic heterocycles. The lowest BCUT2D eigenvalue weighted by atomic mass is 10.1. The van der Waals surface area contributed by atoms with Crippen molar-refractivity contribution in [2.24, 2.45) is 0 Å². The molecule has 2 rings (SSSR count). The Kier molecular flexibility index (Phi) is 5.27. The van der Waals surface area contributed by atoms with Crippen LogP contribution in [0.4, 0.5) is 13.2 Å². The largest absolute Gasteiger partial charge is 0.416 e. The SMILES string of the molecule is CCCCSC(c1cccc(C(F)(F)F)c1)n1cncn1. The molecule has 114 valence electrons. The molecule has 0 aliphatic heterocycles. The first kappa shape index (κ1) is 15.9. The third-order valence-corrected chi connectivity index (χ3v) is 4.28. The van der Waals surface area contributed by atoms with Gasteiger partial charge in [0, 0.05) is 0 Å². The quantitative estimate of drug-likeness (QED) is 0.741. The lowest BCUT2D eigenvalue weighted by Gasteiger charge is -2.18. The summed E-state index contributed by atoms with van der Waals surface area (Å²) in [5.41, 5.74) is -0.0577. The first-order chi connectivity index (χ1) is 10.0. The fourth-order valence-electron chi connectivity index (χ4n) is 1.87. The fourth-order valence-corrected chi connectivity index (χ4v) is 3.15. The van der Waals surface area contributed by atoms with E-state index < -0.39 is 11.7 Å². The van der Waals surface area contributed by atoms with Gasteiger partial charge in [-0.1, -0.05) is 25.5 Å². The van der Waals surface area contributed by atoms with Crippen LogP contribution in [0.3, 0.4) is 0 Å². The molecule has 1 aromatic carbocycles. The molecule has 1 heterocycles. The van der Waals surface area contributed by atoms with E-state index in [2.05, 4.69) is 17.0 Å². The lowest BCUT2D eigenvalue weighted by Crippen LogP contribution is -2.11.